The van der Waals surface area contributed by atoms with Gasteiger partial charge in [-0.1, -0.05) is 69.7 Å². The van der Waals surface area contributed by atoms with Crippen molar-refractivity contribution in [3.8, 4) is 0 Å². The van der Waals surface area contributed by atoms with Crippen molar-refractivity contribution in [2.75, 3.05) is 0 Å². The first kappa shape index (κ1) is 39.3. The second-order valence-corrected chi connectivity index (χ2v) is 12.8. The number of benzene rings is 1. The molecule has 3 rings (SSSR count). The first-order valence-electron chi connectivity index (χ1n) is 15.4. The topological polar surface area (TPSA) is 17.1 Å². The van der Waals surface area contributed by atoms with Crippen LogP contribution in [-0.4, -0.2) is 47.5 Å². The van der Waals surface area contributed by atoms with Crippen LogP contribution in [0.3, 0.4) is 0 Å². The molecule has 0 amide bonds. The van der Waals surface area contributed by atoms with E-state index in [4.69, 9.17) is 0 Å². The van der Waals surface area contributed by atoms with E-state index in [-0.39, 0.29) is 5.92 Å². The Kier molecular flexibility index (Phi) is 11.4. The van der Waals surface area contributed by atoms with Crippen LogP contribution in [0.25, 0.3) is 0 Å². The number of ketones is 1. The lowest BCUT2D eigenvalue weighted by molar-refractivity contribution is -0.449. The van der Waals surface area contributed by atoms with Crippen LogP contribution >= 0.6 is 0 Å². The summed E-state index contributed by atoms with van der Waals surface area (Å²) in [5, 5.41) is 0. The second-order valence-electron chi connectivity index (χ2n) is 12.8. The standard InChI is InChI=1S/C31H35F15O/c1-2-3-4-5-18-6-8-19(9-7-18)20-10-12-21(13-11-20)22-14-16-23(17-15-22)24(47)25(32,33)26(34,35)27(36,37)28(38,39)29(40,41)30(42,43)31(44,45)46/h14-21H,2-13H2,1H3/t18-,19-,20?,21?. The van der Waals surface area contributed by atoms with Gasteiger partial charge in [-0.05, 0) is 67.8 Å². The third-order valence-electron chi connectivity index (χ3n) is 9.80. The molecule has 0 aliphatic heterocycles. The lowest BCUT2D eigenvalue weighted by Gasteiger charge is -2.41. The Balaban J connectivity index is 1.69. The fourth-order valence-electron chi connectivity index (χ4n) is 6.75. The number of Topliss-reactive ketones (excluding diaryl/α,β-unsaturated/α-hetero) is 1. The maximum absolute atomic E-state index is 14.4. The van der Waals surface area contributed by atoms with E-state index >= 15 is 0 Å². The normalized spacial score (nSPS) is 24.3. The highest BCUT2D eigenvalue weighted by Gasteiger charge is 2.94. The van der Waals surface area contributed by atoms with E-state index in [1.54, 1.807) is 0 Å². The number of hydrogen-bond acceptors (Lipinski definition) is 1. The SMILES string of the molecule is CCCCC[C@H]1CC[C@H](C2CCC(c3ccc(C(=O)C(F)(F)C(F)(F)C(F)(F)C(F)(F)C(F)(F)C(F)(F)C(F)(F)F)cc3)CC2)CC1. The van der Waals surface area contributed by atoms with Crippen molar-refractivity contribution in [3.63, 3.8) is 0 Å². The van der Waals surface area contributed by atoms with Gasteiger partial charge in [0.2, 0.25) is 5.78 Å². The number of halogens is 15. The number of rotatable bonds is 13. The first-order valence-corrected chi connectivity index (χ1v) is 15.4. The summed E-state index contributed by atoms with van der Waals surface area (Å²) in [5.41, 5.74) is -0.991. The van der Waals surface area contributed by atoms with E-state index < -0.39 is 53.1 Å². The molecule has 0 heterocycles. The molecule has 1 nitrogen and oxygen atoms in total. The highest BCUT2D eigenvalue weighted by atomic mass is 19.4. The zero-order chi connectivity index (χ0) is 35.9. The summed E-state index contributed by atoms with van der Waals surface area (Å²) in [6, 6.07) is 3.07. The Morgan fingerprint density at radius 3 is 1.45 bits per heavy atom. The second kappa shape index (κ2) is 13.6. The average molecular weight is 709 g/mol. The molecule has 0 atom stereocenters. The highest BCUT2D eigenvalue weighted by Crippen LogP contribution is 2.62. The monoisotopic (exact) mass is 708 g/mol. The minimum absolute atomic E-state index is 0.150. The van der Waals surface area contributed by atoms with E-state index in [0.717, 1.165) is 50.2 Å². The highest BCUT2D eigenvalue weighted by molar-refractivity contribution is 6.02. The maximum Gasteiger partial charge on any atom is 0.460 e. The van der Waals surface area contributed by atoms with Crippen LogP contribution in [0, 0.1) is 17.8 Å². The third kappa shape index (κ3) is 6.98. The van der Waals surface area contributed by atoms with Crippen molar-refractivity contribution in [1.82, 2.24) is 0 Å². The van der Waals surface area contributed by atoms with E-state index in [0.29, 0.717) is 42.4 Å². The predicted octanol–water partition coefficient (Wildman–Crippen LogP) is 11.9. The predicted molar refractivity (Wildman–Crippen MR) is 141 cm³/mol. The molecule has 47 heavy (non-hydrogen) atoms. The molecule has 2 fully saturated rings. The van der Waals surface area contributed by atoms with Crippen LogP contribution in [0.2, 0.25) is 0 Å². The van der Waals surface area contributed by atoms with Gasteiger partial charge >= 0.3 is 41.7 Å². The maximum atomic E-state index is 14.4. The average Bonchev–Trinajstić information content (AvgIpc) is 3.00. The van der Waals surface area contributed by atoms with Gasteiger partial charge in [0.1, 0.15) is 0 Å². The van der Waals surface area contributed by atoms with Crippen LogP contribution in [-0.2, 0) is 0 Å². The molecule has 1 aromatic carbocycles. The first-order chi connectivity index (χ1) is 21.4. The number of carbonyl (C=O) groups is 1. The molecule has 2 saturated carbocycles. The van der Waals surface area contributed by atoms with E-state index in [9.17, 15) is 70.7 Å². The summed E-state index contributed by atoms with van der Waals surface area (Å²) in [7, 11) is 0. The van der Waals surface area contributed by atoms with Crippen LogP contribution in [0.15, 0.2) is 24.3 Å². The molecule has 0 radical (unpaired) electrons. The number of alkyl halides is 15. The summed E-state index contributed by atoms with van der Waals surface area (Å²) in [6.07, 6.45) is 4.68. The third-order valence-corrected chi connectivity index (χ3v) is 9.80. The summed E-state index contributed by atoms with van der Waals surface area (Å²) >= 11 is 0. The summed E-state index contributed by atoms with van der Waals surface area (Å²) in [5.74, 6) is -49.6. The molecule has 2 aliphatic carbocycles. The quantitative estimate of drug-likeness (QED) is 0.113. The summed E-state index contributed by atoms with van der Waals surface area (Å²) < 4.78 is 203. The van der Waals surface area contributed by atoms with Crippen molar-refractivity contribution < 1.29 is 70.7 Å². The molecule has 0 spiro atoms. The van der Waals surface area contributed by atoms with E-state index in [2.05, 4.69) is 6.92 Å². The van der Waals surface area contributed by atoms with Gasteiger partial charge in [0, 0.05) is 5.56 Å². The summed E-state index contributed by atoms with van der Waals surface area (Å²) in [6.45, 7) is 2.15. The molecular formula is C31H35F15O. The Hall–Kier alpha value is -2.16. The van der Waals surface area contributed by atoms with Gasteiger partial charge in [-0.25, -0.2) is 0 Å². The zero-order valence-electron chi connectivity index (χ0n) is 25.2. The van der Waals surface area contributed by atoms with Crippen molar-refractivity contribution in [3.05, 3.63) is 35.4 Å². The minimum Gasteiger partial charge on any atom is -0.287 e. The fourth-order valence-corrected chi connectivity index (χ4v) is 6.75. The fraction of sp³-hybridized carbons (Fsp3) is 0.774. The molecule has 2 aliphatic rings. The van der Waals surface area contributed by atoms with Crippen LogP contribution < -0.4 is 0 Å². The molecule has 0 unspecified atom stereocenters. The lowest BCUT2D eigenvalue weighted by atomic mass is 9.68. The number of carbonyl (C=O) groups excluding carboxylic acids is 1. The lowest BCUT2D eigenvalue weighted by Crippen LogP contribution is -2.73. The van der Waals surface area contributed by atoms with Crippen LogP contribution in [0.5, 0.6) is 0 Å². The molecule has 1 aromatic rings. The zero-order valence-corrected chi connectivity index (χ0v) is 25.2. The Labute approximate surface area is 261 Å². The van der Waals surface area contributed by atoms with Gasteiger partial charge in [-0.2, -0.15) is 65.9 Å². The molecule has 0 aromatic heterocycles. The van der Waals surface area contributed by atoms with Gasteiger partial charge < -0.3 is 0 Å². The molecule has 0 N–H and O–H groups in total. The van der Waals surface area contributed by atoms with E-state index in [1.165, 1.54) is 32.1 Å². The van der Waals surface area contributed by atoms with Gasteiger partial charge in [0.25, 0.3) is 0 Å². The van der Waals surface area contributed by atoms with Crippen molar-refractivity contribution in [2.24, 2.45) is 17.8 Å². The summed E-state index contributed by atoms with van der Waals surface area (Å²) in [4.78, 5) is 12.2. The van der Waals surface area contributed by atoms with Crippen molar-refractivity contribution in [1.29, 1.82) is 0 Å². The van der Waals surface area contributed by atoms with Crippen LogP contribution in [0.4, 0.5) is 65.9 Å². The Morgan fingerprint density at radius 2 is 1.00 bits per heavy atom. The largest absolute Gasteiger partial charge is 0.460 e. The molecule has 16 heteroatoms. The minimum atomic E-state index is -8.43. The van der Waals surface area contributed by atoms with Gasteiger partial charge in [-0.15, -0.1) is 0 Å². The Morgan fingerprint density at radius 1 is 0.574 bits per heavy atom. The van der Waals surface area contributed by atoms with Crippen molar-refractivity contribution in [2.45, 2.75) is 132 Å². The number of unbranched alkanes of at least 4 members (excludes halogenated alkanes) is 2. The number of hydrogen-bond donors (Lipinski definition) is 0. The van der Waals surface area contributed by atoms with Crippen LogP contribution in [0.1, 0.15) is 106 Å². The van der Waals surface area contributed by atoms with E-state index in [1.807, 2.05) is 0 Å². The van der Waals surface area contributed by atoms with Crippen molar-refractivity contribution >= 4 is 5.78 Å². The van der Waals surface area contributed by atoms with Gasteiger partial charge in [0.05, 0.1) is 0 Å². The Bertz CT molecular complexity index is 1190. The smallest absolute Gasteiger partial charge is 0.287 e. The van der Waals surface area contributed by atoms with Gasteiger partial charge in [0.15, 0.2) is 0 Å². The molecule has 270 valence electrons. The molecular weight excluding hydrogens is 673 g/mol. The molecule has 0 bridgehead atoms. The molecule has 0 saturated heterocycles. The van der Waals surface area contributed by atoms with Gasteiger partial charge in [-0.3, -0.25) is 4.79 Å².